The highest BCUT2D eigenvalue weighted by atomic mass is 16.4. The molecule has 4 rings (SSSR count). The fourth-order valence-electron chi connectivity index (χ4n) is 4.00. The van der Waals surface area contributed by atoms with E-state index < -0.39 is 5.97 Å². The van der Waals surface area contributed by atoms with Gasteiger partial charge in [-0.05, 0) is 55.7 Å². The molecule has 1 fully saturated rings. The van der Waals surface area contributed by atoms with Gasteiger partial charge in [0.25, 0.3) is 0 Å². The molecule has 0 radical (unpaired) electrons. The molecular formula is C22H30N4O2. The number of rotatable bonds is 4. The largest absolute Gasteiger partial charge is 0.481 e. The first-order valence-electron chi connectivity index (χ1n) is 10.00. The predicted octanol–water partition coefficient (Wildman–Crippen LogP) is 3.27. The van der Waals surface area contributed by atoms with E-state index in [-0.39, 0.29) is 6.42 Å². The van der Waals surface area contributed by atoms with E-state index in [0.29, 0.717) is 12.0 Å². The zero-order chi connectivity index (χ0) is 19.9. The molecule has 1 saturated heterocycles. The van der Waals surface area contributed by atoms with Gasteiger partial charge in [0.15, 0.2) is 0 Å². The Balaban J connectivity index is 0.000000192. The van der Waals surface area contributed by atoms with Crippen molar-refractivity contribution in [2.24, 2.45) is 12.8 Å². The third kappa shape index (κ3) is 5.45. The molecule has 1 unspecified atom stereocenters. The lowest BCUT2D eigenvalue weighted by molar-refractivity contribution is -0.136. The molecule has 0 spiro atoms. The predicted molar refractivity (Wildman–Crippen MR) is 110 cm³/mol. The summed E-state index contributed by atoms with van der Waals surface area (Å²) in [6.07, 6.45) is 10.2. The molecule has 4 N–H and O–H groups in total. The monoisotopic (exact) mass is 382 g/mol. The maximum Gasteiger partial charge on any atom is 0.307 e. The van der Waals surface area contributed by atoms with E-state index in [1.165, 1.54) is 30.5 Å². The van der Waals surface area contributed by atoms with E-state index in [4.69, 9.17) is 10.8 Å². The molecule has 150 valence electrons. The van der Waals surface area contributed by atoms with Gasteiger partial charge < -0.3 is 16.2 Å². The molecule has 1 aliphatic heterocycles. The second kappa shape index (κ2) is 9.55. The van der Waals surface area contributed by atoms with Crippen LogP contribution < -0.4 is 11.1 Å². The van der Waals surface area contributed by atoms with E-state index in [9.17, 15) is 4.79 Å². The van der Waals surface area contributed by atoms with Crippen molar-refractivity contribution >= 4 is 5.97 Å². The molecule has 2 heterocycles. The Labute approximate surface area is 166 Å². The van der Waals surface area contributed by atoms with Crippen LogP contribution in [-0.4, -0.2) is 27.4 Å². The van der Waals surface area contributed by atoms with Crippen molar-refractivity contribution in [1.29, 1.82) is 0 Å². The van der Waals surface area contributed by atoms with E-state index in [0.717, 1.165) is 30.6 Å². The summed E-state index contributed by atoms with van der Waals surface area (Å²) in [7, 11) is 2.02. The Morgan fingerprint density at radius 3 is 2.75 bits per heavy atom. The Kier molecular flexibility index (Phi) is 6.87. The van der Waals surface area contributed by atoms with E-state index in [1.807, 2.05) is 29.9 Å². The van der Waals surface area contributed by atoms with Crippen LogP contribution in [0.1, 0.15) is 60.9 Å². The molecule has 1 aromatic heterocycles. The number of hydrogen-bond donors (Lipinski definition) is 3. The topological polar surface area (TPSA) is 93.2 Å². The number of nitrogens with one attached hydrogen (secondary N) is 1. The zero-order valence-electron chi connectivity index (χ0n) is 16.5. The Hall–Kier alpha value is -2.60. The highest BCUT2D eigenvalue weighted by Gasteiger charge is 2.27. The van der Waals surface area contributed by atoms with Crippen LogP contribution in [0.5, 0.6) is 0 Å². The second-order valence-electron chi connectivity index (χ2n) is 7.61. The van der Waals surface area contributed by atoms with Crippen molar-refractivity contribution in [3.63, 3.8) is 0 Å². The molecular weight excluding hydrogens is 352 g/mol. The molecule has 0 bridgehead atoms. The number of nitrogens with zero attached hydrogens (tertiary/aromatic N) is 2. The fourth-order valence-corrected chi connectivity index (χ4v) is 4.00. The van der Waals surface area contributed by atoms with Gasteiger partial charge in [0, 0.05) is 18.9 Å². The molecule has 0 amide bonds. The van der Waals surface area contributed by atoms with Gasteiger partial charge in [0.2, 0.25) is 0 Å². The first-order chi connectivity index (χ1) is 13.5. The number of hydrogen-bond acceptors (Lipinski definition) is 4. The summed E-state index contributed by atoms with van der Waals surface area (Å²) in [6.45, 7) is 1.12. The molecule has 6 heteroatoms. The second-order valence-corrected chi connectivity index (χ2v) is 7.61. The minimum atomic E-state index is -0.786. The van der Waals surface area contributed by atoms with Crippen LogP contribution >= 0.6 is 0 Å². The van der Waals surface area contributed by atoms with Gasteiger partial charge in [-0.1, -0.05) is 36.4 Å². The van der Waals surface area contributed by atoms with Crippen LogP contribution in [0.15, 0.2) is 48.3 Å². The van der Waals surface area contributed by atoms with Gasteiger partial charge in [0.1, 0.15) is 0 Å². The number of aliphatic carboxylic acids is 1. The van der Waals surface area contributed by atoms with E-state index >= 15 is 0 Å². The molecule has 0 saturated carbocycles. The molecule has 2 atom stereocenters. The van der Waals surface area contributed by atoms with E-state index in [1.54, 1.807) is 12.1 Å². The van der Waals surface area contributed by atoms with Gasteiger partial charge in [-0.3, -0.25) is 9.48 Å². The van der Waals surface area contributed by atoms with Gasteiger partial charge in [-0.25, -0.2) is 0 Å². The van der Waals surface area contributed by atoms with Crippen molar-refractivity contribution < 1.29 is 9.90 Å². The van der Waals surface area contributed by atoms with Crippen LogP contribution in [0.3, 0.4) is 0 Å². The number of aryl methyl sites for hydroxylation is 1. The van der Waals surface area contributed by atoms with Crippen molar-refractivity contribution in [1.82, 2.24) is 15.1 Å². The van der Waals surface area contributed by atoms with Crippen LogP contribution in [0.2, 0.25) is 0 Å². The third-order valence-electron chi connectivity index (χ3n) is 5.32. The van der Waals surface area contributed by atoms with Crippen molar-refractivity contribution in [3.05, 3.63) is 65.1 Å². The lowest BCUT2D eigenvalue weighted by Gasteiger charge is -2.22. The van der Waals surface area contributed by atoms with Gasteiger partial charge in [-0.15, -0.1) is 0 Å². The average molecular weight is 383 g/mol. The SMILES string of the molecule is Cn1cc(C2CCC=C(N)C2)c([C@H]2CCCN2)n1.O=C(O)Cc1ccccc1. The van der Waals surface area contributed by atoms with Crippen molar-refractivity contribution in [2.45, 2.75) is 50.5 Å². The van der Waals surface area contributed by atoms with Crippen LogP contribution in [-0.2, 0) is 18.3 Å². The number of carbonyl (C=O) groups is 1. The Bertz CT molecular complexity index is 807. The number of allylic oxidation sites excluding steroid dienone is 2. The van der Waals surface area contributed by atoms with Gasteiger partial charge >= 0.3 is 5.97 Å². The number of nitrogens with two attached hydrogens (primary N) is 1. The summed E-state index contributed by atoms with van der Waals surface area (Å²) >= 11 is 0. The maximum absolute atomic E-state index is 10.2. The first-order valence-corrected chi connectivity index (χ1v) is 10.00. The lowest BCUT2D eigenvalue weighted by Crippen LogP contribution is -2.17. The minimum absolute atomic E-state index is 0.112. The molecule has 28 heavy (non-hydrogen) atoms. The van der Waals surface area contributed by atoms with E-state index in [2.05, 4.69) is 22.7 Å². The summed E-state index contributed by atoms with van der Waals surface area (Å²) in [5, 5.41) is 16.6. The molecule has 2 aromatic rings. The smallest absolute Gasteiger partial charge is 0.307 e. The minimum Gasteiger partial charge on any atom is -0.481 e. The maximum atomic E-state index is 10.2. The average Bonchev–Trinajstić information content (AvgIpc) is 3.32. The number of carboxylic acids is 1. The normalized spacial score (nSPS) is 21.5. The zero-order valence-corrected chi connectivity index (χ0v) is 16.5. The van der Waals surface area contributed by atoms with Gasteiger partial charge in [0.05, 0.1) is 18.2 Å². The highest BCUT2D eigenvalue weighted by Crippen LogP contribution is 2.36. The summed E-state index contributed by atoms with van der Waals surface area (Å²) in [5.74, 6) is -0.229. The number of carboxylic acid groups (broad SMARTS) is 1. The van der Waals surface area contributed by atoms with Crippen LogP contribution in [0.25, 0.3) is 0 Å². The summed E-state index contributed by atoms with van der Waals surface area (Å²) in [4.78, 5) is 10.2. The first kappa shape index (κ1) is 20.1. The summed E-state index contributed by atoms with van der Waals surface area (Å²) in [5.41, 5.74) is 10.5. The Morgan fingerprint density at radius 2 is 2.11 bits per heavy atom. The summed E-state index contributed by atoms with van der Waals surface area (Å²) in [6, 6.07) is 9.58. The molecule has 1 aliphatic carbocycles. The van der Waals surface area contributed by atoms with Crippen molar-refractivity contribution in [3.8, 4) is 0 Å². The third-order valence-corrected chi connectivity index (χ3v) is 5.32. The fraction of sp³-hybridized carbons (Fsp3) is 0.455. The Morgan fingerprint density at radius 1 is 1.32 bits per heavy atom. The number of aromatic nitrogens is 2. The highest BCUT2D eigenvalue weighted by molar-refractivity contribution is 5.70. The molecule has 6 nitrogen and oxygen atoms in total. The van der Waals surface area contributed by atoms with Crippen LogP contribution in [0.4, 0.5) is 0 Å². The standard InChI is InChI=1S/C14H22N4.C8H8O2/c1-18-9-12(10-4-2-5-11(15)8-10)14(17-18)13-6-3-7-16-13;9-8(10)6-7-4-2-1-3-5-7/h5,9-10,13,16H,2-4,6-8,15H2,1H3;1-5H,6H2,(H,9,10)/t10?,13-;/m1./s1. The molecule has 2 aliphatic rings. The molecule has 1 aromatic carbocycles. The summed E-state index contributed by atoms with van der Waals surface area (Å²) < 4.78 is 1.96. The van der Waals surface area contributed by atoms with Gasteiger partial charge in [-0.2, -0.15) is 5.10 Å². The number of benzene rings is 1. The lowest BCUT2D eigenvalue weighted by atomic mass is 9.85. The van der Waals surface area contributed by atoms with Crippen LogP contribution in [0, 0.1) is 0 Å². The quantitative estimate of drug-likeness (QED) is 0.755. The van der Waals surface area contributed by atoms with Crippen molar-refractivity contribution in [2.75, 3.05) is 6.54 Å².